The van der Waals surface area contributed by atoms with Gasteiger partial charge in [-0.1, -0.05) is 24.3 Å². The van der Waals surface area contributed by atoms with Crippen molar-refractivity contribution in [3.63, 3.8) is 0 Å². The summed E-state index contributed by atoms with van der Waals surface area (Å²) >= 11 is 0. The number of hydrogen-bond donors (Lipinski definition) is 3. The second kappa shape index (κ2) is 10.4. The molecule has 0 bridgehead atoms. The average molecular weight is 448 g/mol. The number of aryl methyl sites for hydroxylation is 1. The van der Waals surface area contributed by atoms with E-state index in [4.69, 9.17) is 5.73 Å². The quantitative estimate of drug-likeness (QED) is 0.489. The monoisotopic (exact) mass is 447 g/mol. The minimum Gasteiger partial charge on any atom is -0.369 e. The number of likely N-dealkylation sites (tertiary alicyclic amines) is 1. The molecule has 0 radical (unpaired) electrons. The SMILES string of the molecule is NC(=O)C1CCN(CCc2ccc(NC(=O)CCc3nc4ccccc4c(=O)[nH]3)cc2)CC1. The summed E-state index contributed by atoms with van der Waals surface area (Å²) in [4.78, 5) is 45.3. The predicted octanol–water partition coefficient (Wildman–Crippen LogP) is 2.23. The summed E-state index contributed by atoms with van der Waals surface area (Å²) in [6, 6.07) is 15.0. The number of para-hydroxylation sites is 1. The van der Waals surface area contributed by atoms with E-state index in [2.05, 4.69) is 20.2 Å². The Balaban J connectivity index is 1.23. The highest BCUT2D eigenvalue weighted by Crippen LogP contribution is 2.17. The van der Waals surface area contributed by atoms with E-state index in [1.165, 1.54) is 5.56 Å². The van der Waals surface area contributed by atoms with E-state index in [9.17, 15) is 14.4 Å². The van der Waals surface area contributed by atoms with Gasteiger partial charge in [-0.2, -0.15) is 0 Å². The summed E-state index contributed by atoms with van der Waals surface area (Å²) < 4.78 is 0. The van der Waals surface area contributed by atoms with Crippen molar-refractivity contribution in [3.8, 4) is 0 Å². The molecule has 2 heterocycles. The minimum atomic E-state index is -0.191. The average Bonchev–Trinajstić information content (AvgIpc) is 2.82. The number of nitrogens with one attached hydrogen (secondary N) is 2. The van der Waals surface area contributed by atoms with Gasteiger partial charge in [0, 0.05) is 31.0 Å². The molecule has 1 saturated heterocycles. The number of carbonyl (C=O) groups excluding carboxylic acids is 2. The number of benzene rings is 2. The van der Waals surface area contributed by atoms with Gasteiger partial charge in [-0.15, -0.1) is 0 Å². The third-order valence-corrected chi connectivity index (χ3v) is 6.20. The van der Waals surface area contributed by atoms with Crippen molar-refractivity contribution in [2.24, 2.45) is 11.7 Å². The lowest BCUT2D eigenvalue weighted by Gasteiger charge is -2.30. The molecule has 1 aromatic heterocycles. The fourth-order valence-electron chi connectivity index (χ4n) is 4.19. The van der Waals surface area contributed by atoms with Gasteiger partial charge in [0.1, 0.15) is 5.82 Å². The molecule has 3 aromatic rings. The molecule has 0 saturated carbocycles. The molecule has 1 aliphatic heterocycles. The van der Waals surface area contributed by atoms with Gasteiger partial charge in [0.25, 0.3) is 5.56 Å². The first-order valence-corrected chi connectivity index (χ1v) is 11.4. The molecular formula is C25H29N5O3. The van der Waals surface area contributed by atoms with E-state index in [-0.39, 0.29) is 29.7 Å². The zero-order chi connectivity index (χ0) is 23.2. The standard InChI is InChI=1S/C25H29N5O3/c26-24(32)18-12-15-30(16-13-18)14-11-17-5-7-19(8-6-17)27-23(31)10-9-22-28-21-4-2-1-3-20(21)25(33)29-22/h1-8,18H,9-16H2,(H2,26,32)(H,27,31)(H,28,29,33). The van der Waals surface area contributed by atoms with Crippen molar-refractivity contribution >= 4 is 28.4 Å². The summed E-state index contributed by atoms with van der Waals surface area (Å²) in [6.07, 6.45) is 3.17. The second-order valence-corrected chi connectivity index (χ2v) is 8.54. The van der Waals surface area contributed by atoms with Crippen molar-refractivity contribution < 1.29 is 9.59 Å². The van der Waals surface area contributed by atoms with E-state index >= 15 is 0 Å². The molecule has 8 heteroatoms. The number of primary amides is 1. The lowest BCUT2D eigenvalue weighted by Crippen LogP contribution is -2.39. The Bertz CT molecular complexity index is 1180. The summed E-state index contributed by atoms with van der Waals surface area (Å²) in [5.74, 6) is 0.204. The second-order valence-electron chi connectivity index (χ2n) is 8.54. The summed E-state index contributed by atoms with van der Waals surface area (Å²) in [7, 11) is 0. The molecule has 4 rings (SSSR count). The van der Waals surface area contributed by atoms with E-state index in [0.717, 1.165) is 44.6 Å². The van der Waals surface area contributed by atoms with Gasteiger partial charge in [-0.25, -0.2) is 4.98 Å². The molecule has 1 aliphatic rings. The van der Waals surface area contributed by atoms with Crippen LogP contribution >= 0.6 is 0 Å². The zero-order valence-electron chi connectivity index (χ0n) is 18.5. The summed E-state index contributed by atoms with van der Waals surface area (Å²) in [5.41, 5.74) is 7.77. The van der Waals surface area contributed by atoms with E-state index < -0.39 is 0 Å². The van der Waals surface area contributed by atoms with E-state index in [1.807, 2.05) is 30.3 Å². The topological polar surface area (TPSA) is 121 Å². The van der Waals surface area contributed by atoms with Gasteiger partial charge in [0.05, 0.1) is 10.9 Å². The highest BCUT2D eigenvalue weighted by atomic mass is 16.2. The van der Waals surface area contributed by atoms with Crippen LogP contribution in [0.1, 0.15) is 30.7 Å². The predicted molar refractivity (Wildman–Crippen MR) is 128 cm³/mol. The van der Waals surface area contributed by atoms with Crippen LogP contribution in [0.3, 0.4) is 0 Å². The number of nitrogens with zero attached hydrogens (tertiary/aromatic N) is 2. The van der Waals surface area contributed by atoms with Crippen molar-refractivity contribution in [2.45, 2.75) is 32.1 Å². The van der Waals surface area contributed by atoms with Gasteiger partial charge in [-0.05, 0) is 62.2 Å². The number of carbonyl (C=O) groups is 2. The Hall–Kier alpha value is -3.52. The third kappa shape index (κ3) is 6.04. The lowest BCUT2D eigenvalue weighted by atomic mass is 9.96. The number of piperidine rings is 1. The largest absolute Gasteiger partial charge is 0.369 e. The molecule has 1 fully saturated rings. The number of aromatic amines is 1. The Morgan fingerprint density at radius 3 is 2.52 bits per heavy atom. The van der Waals surface area contributed by atoms with Crippen LogP contribution in [0, 0.1) is 5.92 Å². The molecule has 2 amide bonds. The molecule has 0 spiro atoms. The molecule has 0 atom stereocenters. The number of nitrogens with two attached hydrogens (primary N) is 1. The van der Waals surface area contributed by atoms with Crippen LogP contribution in [0.15, 0.2) is 53.3 Å². The Morgan fingerprint density at radius 2 is 1.79 bits per heavy atom. The summed E-state index contributed by atoms with van der Waals surface area (Å²) in [6.45, 7) is 2.74. The number of amides is 2. The maximum atomic E-state index is 12.4. The number of H-pyrrole nitrogens is 1. The van der Waals surface area contributed by atoms with Gasteiger partial charge in [0.15, 0.2) is 0 Å². The normalized spacial score (nSPS) is 14.9. The molecule has 0 unspecified atom stereocenters. The summed E-state index contributed by atoms with van der Waals surface area (Å²) in [5, 5.41) is 3.44. The highest BCUT2D eigenvalue weighted by Gasteiger charge is 2.22. The van der Waals surface area contributed by atoms with Crippen molar-refractivity contribution in [2.75, 3.05) is 25.0 Å². The van der Waals surface area contributed by atoms with Crippen LogP contribution in [0.2, 0.25) is 0 Å². The Morgan fingerprint density at radius 1 is 1.06 bits per heavy atom. The molecule has 2 aromatic carbocycles. The van der Waals surface area contributed by atoms with E-state index in [0.29, 0.717) is 23.1 Å². The molecule has 172 valence electrons. The minimum absolute atomic E-state index is 0.0152. The molecule has 0 aliphatic carbocycles. The fraction of sp³-hybridized carbons (Fsp3) is 0.360. The van der Waals surface area contributed by atoms with Crippen LogP contribution in [-0.2, 0) is 22.4 Å². The van der Waals surface area contributed by atoms with Crippen molar-refractivity contribution in [1.82, 2.24) is 14.9 Å². The van der Waals surface area contributed by atoms with Crippen LogP contribution in [0.4, 0.5) is 5.69 Å². The lowest BCUT2D eigenvalue weighted by molar-refractivity contribution is -0.123. The Labute approximate surface area is 192 Å². The molecular weight excluding hydrogens is 418 g/mol. The number of aromatic nitrogens is 2. The van der Waals surface area contributed by atoms with E-state index in [1.54, 1.807) is 18.2 Å². The number of anilines is 1. The first kappa shape index (κ1) is 22.7. The fourth-order valence-corrected chi connectivity index (χ4v) is 4.19. The van der Waals surface area contributed by atoms with Crippen LogP contribution < -0.4 is 16.6 Å². The molecule has 33 heavy (non-hydrogen) atoms. The number of rotatable bonds is 8. The number of fused-ring (bicyclic) bond motifs is 1. The first-order chi connectivity index (χ1) is 16.0. The van der Waals surface area contributed by atoms with Crippen LogP contribution in [0.25, 0.3) is 10.9 Å². The zero-order valence-corrected chi connectivity index (χ0v) is 18.5. The smallest absolute Gasteiger partial charge is 0.258 e. The van der Waals surface area contributed by atoms with Crippen LogP contribution in [0.5, 0.6) is 0 Å². The molecule has 8 nitrogen and oxygen atoms in total. The third-order valence-electron chi connectivity index (χ3n) is 6.20. The first-order valence-electron chi connectivity index (χ1n) is 11.4. The van der Waals surface area contributed by atoms with Gasteiger partial charge < -0.3 is 20.9 Å². The number of hydrogen-bond acceptors (Lipinski definition) is 5. The maximum absolute atomic E-state index is 12.4. The van der Waals surface area contributed by atoms with Crippen LogP contribution in [-0.4, -0.2) is 46.3 Å². The molecule has 4 N–H and O–H groups in total. The van der Waals surface area contributed by atoms with Crippen molar-refractivity contribution in [1.29, 1.82) is 0 Å². The van der Waals surface area contributed by atoms with Crippen molar-refractivity contribution in [3.05, 3.63) is 70.3 Å². The van der Waals surface area contributed by atoms with Gasteiger partial charge >= 0.3 is 0 Å². The maximum Gasteiger partial charge on any atom is 0.258 e. The highest BCUT2D eigenvalue weighted by molar-refractivity contribution is 5.90. The Kier molecular flexibility index (Phi) is 7.14. The van der Waals surface area contributed by atoms with Gasteiger partial charge in [0.2, 0.25) is 11.8 Å². The van der Waals surface area contributed by atoms with Gasteiger partial charge in [-0.3, -0.25) is 14.4 Å².